The number of benzene rings is 9. The van der Waals surface area contributed by atoms with Gasteiger partial charge in [-0.1, -0.05) is 176 Å². The molecule has 0 radical (unpaired) electrons. The molecule has 0 amide bonds. The topological polar surface area (TPSA) is 16.4 Å². The molecular weight excluding hydrogens is 691 g/mol. The van der Waals surface area contributed by atoms with Crippen LogP contribution in [0.2, 0.25) is 0 Å². The molecule has 270 valence electrons. The molecule has 0 bridgehead atoms. The Morgan fingerprint density at radius 3 is 1.51 bits per heavy atom. The minimum atomic E-state index is 0.921. The molecule has 0 saturated heterocycles. The van der Waals surface area contributed by atoms with Crippen molar-refractivity contribution < 1.29 is 4.42 Å². The number of rotatable bonds is 8. The van der Waals surface area contributed by atoms with Gasteiger partial charge in [0.15, 0.2) is 0 Å². The monoisotopic (exact) mass is 729 g/mol. The van der Waals surface area contributed by atoms with Crippen LogP contribution in [0.4, 0.5) is 17.1 Å². The molecule has 0 aliphatic rings. The van der Waals surface area contributed by atoms with Crippen LogP contribution in [0.25, 0.3) is 77.6 Å². The summed E-state index contributed by atoms with van der Waals surface area (Å²) in [4.78, 5) is 2.37. The van der Waals surface area contributed by atoms with Gasteiger partial charge in [-0.3, -0.25) is 0 Å². The zero-order chi connectivity index (χ0) is 38.1. The fraction of sp³-hybridized carbons (Fsp3) is 0.0182. The van der Waals surface area contributed by atoms with Crippen molar-refractivity contribution in [2.75, 3.05) is 4.90 Å². The van der Waals surface area contributed by atoms with Gasteiger partial charge < -0.3 is 9.32 Å². The van der Waals surface area contributed by atoms with Gasteiger partial charge >= 0.3 is 0 Å². The number of fused-ring (bicyclic) bond motifs is 2. The molecule has 0 aliphatic carbocycles. The van der Waals surface area contributed by atoms with E-state index in [0.29, 0.717) is 0 Å². The Hall–Kier alpha value is -7.42. The van der Waals surface area contributed by atoms with Crippen LogP contribution in [0, 0.1) is 6.92 Å². The van der Waals surface area contributed by atoms with Crippen LogP contribution in [0.3, 0.4) is 0 Å². The minimum Gasteiger partial charge on any atom is -0.456 e. The lowest BCUT2D eigenvalue weighted by Gasteiger charge is -2.27. The first-order valence-electron chi connectivity index (χ1n) is 19.5. The zero-order valence-electron chi connectivity index (χ0n) is 31.6. The van der Waals surface area contributed by atoms with Gasteiger partial charge in [-0.05, 0) is 99.3 Å². The van der Waals surface area contributed by atoms with Crippen LogP contribution in [-0.4, -0.2) is 0 Å². The highest BCUT2D eigenvalue weighted by atomic mass is 16.3. The van der Waals surface area contributed by atoms with Crippen molar-refractivity contribution in [3.63, 3.8) is 0 Å². The Balaban J connectivity index is 0.969. The number of hydrogen-bond acceptors (Lipinski definition) is 2. The smallest absolute Gasteiger partial charge is 0.138 e. The van der Waals surface area contributed by atoms with Crippen LogP contribution in [0.15, 0.2) is 223 Å². The van der Waals surface area contributed by atoms with Gasteiger partial charge in [0.2, 0.25) is 0 Å². The van der Waals surface area contributed by atoms with Crippen molar-refractivity contribution >= 4 is 38.8 Å². The predicted octanol–water partition coefficient (Wildman–Crippen LogP) is 15.7. The van der Waals surface area contributed by atoms with Gasteiger partial charge in [-0.15, -0.1) is 0 Å². The number of para-hydroxylation sites is 1. The molecule has 2 nitrogen and oxygen atoms in total. The summed E-state index contributed by atoms with van der Waals surface area (Å²) in [5.74, 6) is 0.927. The second kappa shape index (κ2) is 14.7. The Kier molecular flexibility index (Phi) is 8.78. The molecule has 2 heteroatoms. The van der Waals surface area contributed by atoms with E-state index in [1.807, 2.05) is 12.1 Å². The standard InChI is InChI=1S/C55H39NO/c1-38-49-19-9-10-24-54(49)57-55(38)46-18-11-17-45(37-46)41-27-25-39(26-28-41)40-29-33-47(34-30-40)56(53-23-12-16-43-15-5-6-22-52(43)53)48-35-31-44(32-36-48)51-21-8-7-20-50(51)42-13-3-2-4-14-42/h2-37H,1H3. The van der Waals surface area contributed by atoms with Crippen LogP contribution in [0.1, 0.15) is 5.56 Å². The fourth-order valence-electron chi connectivity index (χ4n) is 8.17. The van der Waals surface area contributed by atoms with Gasteiger partial charge in [0.05, 0.1) is 5.69 Å². The number of furan rings is 1. The average Bonchev–Trinajstić information content (AvgIpc) is 3.63. The van der Waals surface area contributed by atoms with E-state index in [9.17, 15) is 0 Å². The summed E-state index contributed by atoms with van der Waals surface area (Å²) in [6.45, 7) is 2.14. The molecule has 0 saturated carbocycles. The van der Waals surface area contributed by atoms with E-state index in [0.717, 1.165) is 44.9 Å². The first-order valence-corrected chi connectivity index (χ1v) is 19.5. The van der Waals surface area contributed by atoms with Crippen molar-refractivity contribution in [3.05, 3.63) is 224 Å². The van der Waals surface area contributed by atoms with Crippen molar-refractivity contribution in [2.45, 2.75) is 6.92 Å². The third-order valence-electron chi connectivity index (χ3n) is 11.1. The van der Waals surface area contributed by atoms with E-state index in [1.165, 1.54) is 55.3 Å². The maximum Gasteiger partial charge on any atom is 0.138 e. The van der Waals surface area contributed by atoms with Crippen LogP contribution >= 0.6 is 0 Å². The number of hydrogen-bond donors (Lipinski definition) is 0. The molecule has 0 unspecified atom stereocenters. The zero-order valence-corrected chi connectivity index (χ0v) is 31.6. The fourth-order valence-corrected chi connectivity index (χ4v) is 8.17. The van der Waals surface area contributed by atoms with Gasteiger partial charge in [0, 0.05) is 33.3 Å². The molecule has 10 rings (SSSR count). The van der Waals surface area contributed by atoms with Gasteiger partial charge in [-0.2, -0.15) is 0 Å². The molecule has 0 atom stereocenters. The summed E-state index contributed by atoms with van der Waals surface area (Å²) < 4.78 is 6.30. The number of anilines is 3. The molecule has 10 aromatic rings. The molecule has 57 heavy (non-hydrogen) atoms. The lowest BCUT2D eigenvalue weighted by Crippen LogP contribution is -2.10. The molecule has 1 aromatic heterocycles. The maximum atomic E-state index is 6.30. The Morgan fingerprint density at radius 2 is 0.825 bits per heavy atom. The largest absolute Gasteiger partial charge is 0.456 e. The molecule has 9 aromatic carbocycles. The Morgan fingerprint density at radius 1 is 0.351 bits per heavy atom. The summed E-state index contributed by atoms with van der Waals surface area (Å²) in [6, 6.07) is 78.1. The summed E-state index contributed by atoms with van der Waals surface area (Å²) in [6.07, 6.45) is 0. The van der Waals surface area contributed by atoms with E-state index >= 15 is 0 Å². The molecule has 0 N–H and O–H groups in total. The van der Waals surface area contributed by atoms with Crippen LogP contribution in [0.5, 0.6) is 0 Å². The Labute approximate surface area is 333 Å². The first kappa shape index (κ1) is 34.1. The van der Waals surface area contributed by atoms with Crippen LogP contribution < -0.4 is 4.90 Å². The van der Waals surface area contributed by atoms with Gasteiger partial charge in [0.1, 0.15) is 11.3 Å². The highest BCUT2D eigenvalue weighted by Gasteiger charge is 2.17. The van der Waals surface area contributed by atoms with E-state index < -0.39 is 0 Å². The average molecular weight is 730 g/mol. The van der Waals surface area contributed by atoms with E-state index in [1.54, 1.807) is 0 Å². The molecular formula is C55H39NO. The highest BCUT2D eigenvalue weighted by molar-refractivity contribution is 5.99. The lowest BCUT2D eigenvalue weighted by atomic mass is 9.94. The van der Waals surface area contributed by atoms with Gasteiger partial charge in [0.25, 0.3) is 0 Å². The van der Waals surface area contributed by atoms with E-state index in [4.69, 9.17) is 4.42 Å². The predicted molar refractivity (Wildman–Crippen MR) is 240 cm³/mol. The second-order valence-electron chi connectivity index (χ2n) is 14.5. The highest BCUT2D eigenvalue weighted by Crippen LogP contribution is 2.41. The molecule has 0 aliphatic heterocycles. The van der Waals surface area contributed by atoms with E-state index in [-0.39, 0.29) is 0 Å². The summed E-state index contributed by atoms with van der Waals surface area (Å²) in [7, 11) is 0. The quantitative estimate of drug-likeness (QED) is 0.155. The van der Waals surface area contributed by atoms with E-state index in [2.05, 4.69) is 218 Å². The number of nitrogens with zero attached hydrogens (tertiary/aromatic N) is 1. The van der Waals surface area contributed by atoms with Crippen molar-refractivity contribution in [2.24, 2.45) is 0 Å². The normalized spacial score (nSPS) is 11.2. The molecule has 1 heterocycles. The summed E-state index contributed by atoms with van der Waals surface area (Å²) in [5, 5.41) is 3.58. The van der Waals surface area contributed by atoms with Crippen molar-refractivity contribution in [1.29, 1.82) is 0 Å². The minimum absolute atomic E-state index is 0.921. The first-order chi connectivity index (χ1) is 28.2. The third kappa shape index (κ3) is 6.48. The molecule has 0 fully saturated rings. The number of aryl methyl sites for hydroxylation is 1. The SMILES string of the molecule is Cc1c(-c2cccc(-c3ccc(-c4ccc(N(c5ccc(-c6ccccc6-c6ccccc6)cc5)c5cccc6ccccc56)cc4)cc3)c2)oc2ccccc12. The Bertz CT molecular complexity index is 2990. The maximum absolute atomic E-state index is 6.30. The van der Waals surface area contributed by atoms with Crippen molar-refractivity contribution in [1.82, 2.24) is 0 Å². The summed E-state index contributed by atoms with van der Waals surface area (Å²) in [5.41, 5.74) is 16.0. The molecule has 0 spiro atoms. The van der Waals surface area contributed by atoms with Crippen LogP contribution in [-0.2, 0) is 0 Å². The second-order valence-corrected chi connectivity index (χ2v) is 14.5. The third-order valence-corrected chi connectivity index (χ3v) is 11.1. The summed E-state index contributed by atoms with van der Waals surface area (Å²) >= 11 is 0. The lowest BCUT2D eigenvalue weighted by molar-refractivity contribution is 0.629. The van der Waals surface area contributed by atoms with Gasteiger partial charge in [-0.25, -0.2) is 0 Å². The van der Waals surface area contributed by atoms with Crippen molar-refractivity contribution in [3.8, 4) is 55.8 Å².